The third-order valence-electron chi connectivity index (χ3n) is 8.26. The van der Waals surface area contributed by atoms with Gasteiger partial charge in [0, 0.05) is 40.5 Å². The Kier molecular flexibility index (Phi) is 5.59. The van der Waals surface area contributed by atoms with Gasteiger partial charge < -0.3 is 4.90 Å². The number of nitrogens with zero attached hydrogens (tertiary/aromatic N) is 4. The van der Waals surface area contributed by atoms with Crippen LogP contribution in [0.3, 0.4) is 0 Å². The molecule has 0 spiro atoms. The largest absolute Gasteiger partial charge is 0.300 e. The summed E-state index contributed by atoms with van der Waals surface area (Å²) in [6, 6.07) is 22.5. The van der Waals surface area contributed by atoms with E-state index in [0.29, 0.717) is 0 Å². The molecule has 1 fully saturated rings. The minimum atomic E-state index is 0.723. The molecule has 1 unspecified atom stereocenters. The van der Waals surface area contributed by atoms with Crippen molar-refractivity contribution >= 4 is 11.0 Å². The lowest BCUT2D eigenvalue weighted by atomic mass is 9.86. The number of aromatic nitrogens is 4. The van der Waals surface area contributed by atoms with Gasteiger partial charge in [0.2, 0.25) is 0 Å². The number of H-pyrrole nitrogens is 1. The van der Waals surface area contributed by atoms with Gasteiger partial charge in [0.15, 0.2) is 5.65 Å². The summed E-state index contributed by atoms with van der Waals surface area (Å²) in [6.45, 7) is 4.65. The molecule has 4 heterocycles. The highest BCUT2D eigenvalue weighted by atomic mass is 15.2. The first kappa shape index (κ1) is 22.4. The third-order valence-corrected chi connectivity index (χ3v) is 8.26. The van der Waals surface area contributed by atoms with E-state index in [0.717, 1.165) is 45.2 Å². The second kappa shape index (κ2) is 9.24. The molecule has 0 radical (unpaired) electrons. The molecular weight excluding hydrogens is 454 g/mol. The Morgan fingerprint density at radius 1 is 0.811 bits per heavy atom. The van der Waals surface area contributed by atoms with Crippen LogP contribution in [0.2, 0.25) is 0 Å². The molecule has 3 aromatic heterocycles. The minimum Gasteiger partial charge on any atom is -0.300 e. The van der Waals surface area contributed by atoms with Gasteiger partial charge in [0.1, 0.15) is 5.69 Å². The maximum absolute atomic E-state index is 4.72. The van der Waals surface area contributed by atoms with Crippen LogP contribution in [0, 0.1) is 6.92 Å². The summed E-state index contributed by atoms with van der Waals surface area (Å²) in [7, 11) is 0. The van der Waals surface area contributed by atoms with Crippen LogP contribution in [-0.2, 0) is 12.8 Å². The fourth-order valence-corrected chi connectivity index (χ4v) is 6.19. The number of likely N-dealkylation sites (tertiary alicyclic amines) is 1. The van der Waals surface area contributed by atoms with Gasteiger partial charge in [-0.05, 0) is 86.5 Å². The van der Waals surface area contributed by atoms with Gasteiger partial charge in [-0.25, -0.2) is 4.98 Å². The molecule has 5 nitrogen and oxygen atoms in total. The van der Waals surface area contributed by atoms with Crippen molar-refractivity contribution in [1.29, 1.82) is 0 Å². The van der Waals surface area contributed by atoms with Gasteiger partial charge in [0.25, 0.3) is 0 Å². The van der Waals surface area contributed by atoms with E-state index in [9.17, 15) is 0 Å². The third kappa shape index (κ3) is 4.13. The monoisotopic (exact) mass is 485 g/mol. The lowest BCUT2D eigenvalue weighted by molar-refractivity contribution is 0.222. The standard InChI is InChI=1S/C32H31N5/c1-21-5-4-14-33-30(21)22-6-8-23(9-7-22)31-29-19-27(20-34-32(29)36-35-31)25-10-11-26-18-28(13-12-24(26)17-25)37-15-2-3-16-37/h4-11,14,17,19-20,28H,2-3,12-13,15-16,18H2,1H3,(H,34,35,36). The van der Waals surface area contributed by atoms with E-state index in [1.807, 2.05) is 18.5 Å². The first-order chi connectivity index (χ1) is 18.2. The summed E-state index contributed by atoms with van der Waals surface area (Å²) in [5.74, 6) is 0. The number of pyridine rings is 2. The number of aromatic amines is 1. The van der Waals surface area contributed by atoms with Crippen molar-refractivity contribution in [3.05, 3.63) is 89.7 Å². The average molecular weight is 486 g/mol. The van der Waals surface area contributed by atoms with Crippen molar-refractivity contribution in [2.45, 2.75) is 45.1 Å². The molecule has 1 aliphatic heterocycles. The molecule has 37 heavy (non-hydrogen) atoms. The molecule has 1 atom stereocenters. The Labute approximate surface area is 217 Å². The average Bonchev–Trinajstić information content (AvgIpc) is 3.63. The summed E-state index contributed by atoms with van der Waals surface area (Å²) in [6.07, 6.45) is 10.2. The molecule has 0 bridgehead atoms. The Balaban J connectivity index is 1.18. The fourth-order valence-electron chi connectivity index (χ4n) is 6.19. The molecular formula is C32H31N5. The molecule has 2 aliphatic rings. The Morgan fingerprint density at radius 2 is 1.59 bits per heavy atom. The molecule has 1 N–H and O–H groups in total. The van der Waals surface area contributed by atoms with Crippen LogP contribution in [0.4, 0.5) is 0 Å². The predicted octanol–water partition coefficient (Wildman–Crippen LogP) is 6.62. The van der Waals surface area contributed by atoms with Gasteiger partial charge in [-0.1, -0.05) is 48.5 Å². The quantitative estimate of drug-likeness (QED) is 0.311. The molecule has 7 rings (SSSR count). The van der Waals surface area contributed by atoms with Crippen LogP contribution in [0.5, 0.6) is 0 Å². The molecule has 0 saturated carbocycles. The highest BCUT2D eigenvalue weighted by Crippen LogP contribution is 2.33. The van der Waals surface area contributed by atoms with Gasteiger partial charge in [-0.15, -0.1) is 0 Å². The minimum absolute atomic E-state index is 0.723. The first-order valence-corrected chi connectivity index (χ1v) is 13.5. The first-order valence-electron chi connectivity index (χ1n) is 13.5. The van der Waals surface area contributed by atoms with E-state index in [-0.39, 0.29) is 0 Å². The summed E-state index contributed by atoms with van der Waals surface area (Å²) in [5.41, 5.74) is 11.5. The van der Waals surface area contributed by atoms with Crippen LogP contribution >= 0.6 is 0 Å². The topological polar surface area (TPSA) is 57.7 Å². The Morgan fingerprint density at radius 3 is 2.41 bits per heavy atom. The molecule has 5 aromatic rings. The van der Waals surface area contributed by atoms with Crippen molar-refractivity contribution in [3.63, 3.8) is 0 Å². The number of aryl methyl sites for hydroxylation is 2. The second-order valence-corrected chi connectivity index (χ2v) is 10.6. The van der Waals surface area contributed by atoms with E-state index < -0.39 is 0 Å². The molecule has 2 aromatic carbocycles. The van der Waals surface area contributed by atoms with E-state index in [2.05, 4.69) is 81.6 Å². The Bertz CT molecular complexity index is 1580. The van der Waals surface area contributed by atoms with Gasteiger partial charge in [0.05, 0.1) is 5.69 Å². The summed E-state index contributed by atoms with van der Waals surface area (Å²) in [4.78, 5) is 12.0. The highest BCUT2D eigenvalue weighted by Gasteiger charge is 2.26. The lowest BCUT2D eigenvalue weighted by Crippen LogP contribution is -2.37. The number of rotatable bonds is 4. The van der Waals surface area contributed by atoms with Crippen LogP contribution in [-0.4, -0.2) is 44.2 Å². The number of hydrogen-bond acceptors (Lipinski definition) is 4. The van der Waals surface area contributed by atoms with Gasteiger partial charge in [-0.2, -0.15) is 5.10 Å². The highest BCUT2D eigenvalue weighted by molar-refractivity contribution is 5.93. The maximum atomic E-state index is 4.72. The van der Waals surface area contributed by atoms with Crippen LogP contribution in [0.15, 0.2) is 73.1 Å². The Hall–Kier alpha value is -3.83. The van der Waals surface area contributed by atoms with E-state index >= 15 is 0 Å². The molecule has 184 valence electrons. The summed E-state index contributed by atoms with van der Waals surface area (Å²) in [5, 5.41) is 8.80. The van der Waals surface area contributed by atoms with Crippen molar-refractivity contribution in [2.75, 3.05) is 13.1 Å². The van der Waals surface area contributed by atoms with Gasteiger partial charge >= 0.3 is 0 Å². The van der Waals surface area contributed by atoms with E-state index in [4.69, 9.17) is 4.98 Å². The fraction of sp³-hybridized carbons (Fsp3) is 0.281. The van der Waals surface area contributed by atoms with E-state index in [1.54, 1.807) is 0 Å². The van der Waals surface area contributed by atoms with E-state index in [1.165, 1.54) is 67.4 Å². The predicted molar refractivity (Wildman–Crippen MR) is 149 cm³/mol. The van der Waals surface area contributed by atoms with Crippen LogP contribution in [0.25, 0.3) is 44.7 Å². The molecule has 1 aliphatic carbocycles. The van der Waals surface area contributed by atoms with Crippen molar-refractivity contribution < 1.29 is 0 Å². The number of hydrogen-bond donors (Lipinski definition) is 1. The van der Waals surface area contributed by atoms with Crippen LogP contribution < -0.4 is 0 Å². The SMILES string of the molecule is Cc1cccnc1-c1ccc(-c2n[nH]c3ncc(-c4ccc5c(c4)CCC(N4CCCC4)C5)cc23)cc1. The summed E-state index contributed by atoms with van der Waals surface area (Å²) < 4.78 is 0. The van der Waals surface area contributed by atoms with Gasteiger partial charge in [-0.3, -0.25) is 10.1 Å². The lowest BCUT2D eigenvalue weighted by Gasteiger charge is -2.32. The summed E-state index contributed by atoms with van der Waals surface area (Å²) >= 11 is 0. The molecule has 5 heteroatoms. The van der Waals surface area contributed by atoms with Crippen molar-refractivity contribution in [3.8, 4) is 33.6 Å². The smallest absolute Gasteiger partial charge is 0.155 e. The van der Waals surface area contributed by atoms with Crippen LogP contribution in [0.1, 0.15) is 36.0 Å². The number of fused-ring (bicyclic) bond motifs is 2. The second-order valence-electron chi connectivity index (χ2n) is 10.6. The zero-order valence-corrected chi connectivity index (χ0v) is 21.2. The normalized spacial score (nSPS) is 17.8. The molecule has 1 saturated heterocycles. The molecule has 0 amide bonds. The number of benzene rings is 2. The van der Waals surface area contributed by atoms with Crippen molar-refractivity contribution in [2.24, 2.45) is 0 Å². The maximum Gasteiger partial charge on any atom is 0.155 e. The number of nitrogens with one attached hydrogen (secondary N) is 1. The zero-order chi connectivity index (χ0) is 24.8. The zero-order valence-electron chi connectivity index (χ0n) is 21.2. The van der Waals surface area contributed by atoms with Crippen molar-refractivity contribution in [1.82, 2.24) is 25.1 Å².